The molecule has 0 aliphatic carbocycles. The topological polar surface area (TPSA) is 23.6 Å². The lowest BCUT2D eigenvalue weighted by atomic mass is 10.1. The minimum Gasteiger partial charge on any atom is -0.369 e. The van der Waals surface area contributed by atoms with Crippen LogP contribution >= 0.6 is 11.6 Å². The predicted octanol–water partition coefficient (Wildman–Crippen LogP) is 3.07. The van der Waals surface area contributed by atoms with Crippen molar-refractivity contribution in [2.75, 3.05) is 31.1 Å². The summed E-state index contributed by atoms with van der Waals surface area (Å²) in [7, 11) is 0. The van der Waals surface area contributed by atoms with E-state index in [9.17, 15) is 4.79 Å². The van der Waals surface area contributed by atoms with E-state index >= 15 is 0 Å². The first-order valence-electron chi connectivity index (χ1n) is 6.82. The van der Waals surface area contributed by atoms with Crippen LogP contribution < -0.4 is 4.90 Å². The molecule has 0 radical (unpaired) electrons. The fourth-order valence-corrected chi connectivity index (χ4v) is 2.99. The Morgan fingerprint density at radius 1 is 1.42 bits per heavy atom. The minimum atomic E-state index is 0.0146. The second-order valence-electron chi connectivity index (χ2n) is 5.14. The van der Waals surface area contributed by atoms with E-state index < -0.39 is 0 Å². The number of hydrogen-bond acceptors (Lipinski definition) is 3. The molecule has 1 atom stereocenters. The van der Waals surface area contributed by atoms with Gasteiger partial charge in [0.15, 0.2) is 5.78 Å². The second kappa shape index (κ2) is 5.93. The summed E-state index contributed by atoms with van der Waals surface area (Å²) < 4.78 is 0. The van der Waals surface area contributed by atoms with Gasteiger partial charge in [0, 0.05) is 36.9 Å². The molecule has 19 heavy (non-hydrogen) atoms. The van der Waals surface area contributed by atoms with Crippen molar-refractivity contribution < 1.29 is 4.79 Å². The molecular weight excluding hydrogens is 260 g/mol. The first-order chi connectivity index (χ1) is 9.02. The quantitative estimate of drug-likeness (QED) is 0.795. The molecule has 1 aromatic carbocycles. The molecule has 1 aliphatic heterocycles. The summed E-state index contributed by atoms with van der Waals surface area (Å²) >= 11 is 6.18. The minimum absolute atomic E-state index is 0.0146. The highest BCUT2D eigenvalue weighted by Gasteiger charge is 2.22. The molecule has 1 aliphatic rings. The van der Waals surface area contributed by atoms with E-state index in [0.29, 0.717) is 16.6 Å². The molecular formula is C15H21ClN2O. The lowest BCUT2D eigenvalue weighted by Crippen LogP contribution is -2.51. The lowest BCUT2D eigenvalue weighted by Gasteiger charge is -2.40. The number of anilines is 1. The molecule has 1 fully saturated rings. The van der Waals surface area contributed by atoms with Crippen LogP contribution in [0.25, 0.3) is 0 Å². The van der Waals surface area contributed by atoms with E-state index in [-0.39, 0.29) is 5.78 Å². The normalized spacial score (nSPS) is 20.6. The SMILES string of the molecule is CCN1CCN(c2ccc(C(C)=O)c(Cl)c2)CC1C. The zero-order chi connectivity index (χ0) is 14.0. The maximum atomic E-state index is 11.4. The molecule has 0 amide bonds. The van der Waals surface area contributed by atoms with Crippen molar-refractivity contribution in [3.8, 4) is 0 Å². The number of benzene rings is 1. The number of likely N-dealkylation sites (N-methyl/N-ethyl adjacent to an activating group) is 1. The van der Waals surface area contributed by atoms with Crippen LogP contribution in [-0.2, 0) is 0 Å². The Kier molecular flexibility index (Phi) is 4.48. The van der Waals surface area contributed by atoms with Crippen molar-refractivity contribution in [1.29, 1.82) is 0 Å². The van der Waals surface area contributed by atoms with Crippen LogP contribution in [0.1, 0.15) is 31.1 Å². The van der Waals surface area contributed by atoms with Crippen molar-refractivity contribution in [2.24, 2.45) is 0 Å². The number of rotatable bonds is 3. The molecule has 1 aromatic rings. The highest BCUT2D eigenvalue weighted by atomic mass is 35.5. The number of halogens is 1. The third-order valence-electron chi connectivity index (χ3n) is 3.87. The largest absolute Gasteiger partial charge is 0.369 e. The number of ketones is 1. The summed E-state index contributed by atoms with van der Waals surface area (Å²) in [6.07, 6.45) is 0. The molecule has 1 heterocycles. The average Bonchev–Trinajstić information content (AvgIpc) is 2.38. The van der Waals surface area contributed by atoms with Gasteiger partial charge in [-0.3, -0.25) is 9.69 Å². The number of carbonyl (C=O) groups excluding carboxylic acids is 1. The van der Waals surface area contributed by atoms with Crippen molar-refractivity contribution in [3.63, 3.8) is 0 Å². The van der Waals surface area contributed by atoms with Gasteiger partial charge in [-0.2, -0.15) is 0 Å². The summed E-state index contributed by atoms with van der Waals surface area (Å²) in [6, 6.07) is 6.28. The summed E-state index contributed by atoms with van der Waals surface area (Å²) in [5, 5.41) is 0.551. The molecule has 3 nitrogen and oxygen atoms in total. The molecule has 0 saturated carbocycles. The molecule has 1 unspecified atom stereocenters. The van der Waals surface area contributed by atoms with Gasteiger partial charge in [-0.15, -0.1) is 0 Å². The van der Waals surface area contributed by atoms with E-state index in [1.165, 1.54) is 0 Å². The number of hydrogen-bond donors (Lipinski definition) is 0. The third kappa shape index (κ3) is 3.10. The zero-order valence-electron chi connectivity index (χ0n) is 11.8. The van der Waals surface area contributed by atoms with Crippen molar-refractivity contribution in [2.45, 2.75) is 26.8 Å². The Labute approximate surface area is 120 Å². The Hall–Kier alpha value is -1.06. The van der Waals surface area contributed by atoms with Crippen LogP contribution in [0.2, 0.25) is 5.02 Å². The van der Waals surface area contributed by atoms with Crippen LogP contribution in [0.3, 0.4) is 0 Å². The Bertz CT molecular complexity index is 475. The second-order valence-corrected chi connectivity index (χ2v) is 5.55. The van der Waals surface area contributed by atoms with Gasteiger partial charge in [-0.05, 0) is 38.6 Å². The molecule has 4 heteroatoms. The highest BCUT2D eigenvalue weighted by Crippen LogP contribution is 2.26. The zero-order valence-corrected chi connectivity index (χ0v) is 12.6. The first kappa shape index (κ1) is 14.4. The van der Waals surface area contributed by atoms with Crippen molar-refractivity contribution in [3.05, 3.63) is 28.8 Å². The van der Waals surface area contributed by atoms with E-state index in [0.717, 1.165) is 31.9 Å². The standard InChI is InChI=1S/C15H21ClN2O/c1-4-17-7-8-18(10-11(17)2)13-5-6-14(12(3)19)15(16)9-13/h5-6,9,11H,4,7-8,10H2,1-3H3. The Morgan fingerprint density at radius 2 is 2.16 bits per heavy atom. The maximum Gasteiger partial charge on any atom is 0.161 e. The van der Waals surface area contributed by atoms with Crippen molar-refractivity contribution >= 4 is 23.1 Å². The van der Waals surface area contributed by atoms with Gasteiger partial charge in [0.25, 0.3) is 0 Å². The van der Waals surface area contributed by atoms with Crippen LogP contribution in [0.5, 0.6) is 0 Å². The van der Waals surface area contributed by atoms with Gasteiger partial charge < -0.3 is 4.90 Å². The van der Waals surface area contributed by atoms with Crippen LogP contribution in [0.4, 0.5) is 5.69 Å². The summed E-state index contributed by atoms with van der Waals surface area (Å²) in [4.78, 5) is 16.2. The van der Waals surface area contributed by atoms with E-state index in [2.05, 4.69) is 23.6 Å². The van der Waals surface area contributed by atoms with Gasteiger partial charge in [0.2, 0.25) is 0 Å². The number of Topliss-reactive ketones (excluding diaryl/α,β-unsaturated/α-hetero) is 1. The van der Waals surface area contributed by atoms with E-state index in [1.807, 2.05) is 18.2 Å². The van der Waals surface area contributed by atoms with Gasteiger partial charge in [-0.1, -0.05) is 18.5 Å². The lowest BCUT2D eigenvalue weighted by molar-refractivity contribution is 0.101. The first-order valence-corrected chi connectivity index (χ1v) is 7.20. The van der Waals surface area contributed by atoms with Gasteiger partial charge in [-0.25, -0.2) is 0 Å². The molecule has 0 aromatic heterocycles. The maximum absolute atomic E-state index is 11.4. The van der Waals surface area contributed by atoms with Crippen LogP contribution in [-0.4, -0.2) is 42.9 Å². The van der Waals surface area contributed by atoms with Crippen LogP contribution in [0.15, 0.2) is 18.2 Å². The fourth-order valence-electron chi connectivity index (χ4n) is 2.69. The molecule has 0 bridgehead atoms. The number of nitrogens with zero attached hydrogens (tertiary/aromatic N) is 2. The van der Waals surface area contributed by atoms with E-state index in [4.69, 9.17) is 11.6 Å². The summed E-state index contributed by atoms with van der Waals surface area (Å²) in [5.74, 6) is 0.0146. The van der Waals surface area contributed by atoms with Gasteiger partial charge >= 0.3 is 0 Å². The smallest absolute Gasteiger partial charge is 0.161 e. The van der Waals surface area contributed by atoms with Gasteiger partial charge in [0.05, 0.1) is 5.02 Å². The van der Waals surface area contributed by atoms with E-state index in [1.54, 1.807) is 6.92 Å². The Balaban J connectivity index is 2.15. The van der Waals surface area contributed by atoms with Crippen molar-refractivity contribution in [1.82, 2.24) is 4.90 Å². The summed E-state index contributed by atoms with van der Waals surface area (Å²) in [5.41, 5.74) is 1.71. The van der Waals surface area contributed by atoms with Crippen LogP contribution in [0, 0.1) is 0 Å². The summed E-state index contributed by atoms with van der Waals surface area (Å²) in [6.45, 7) is 10.2. The monoisotopic (exact) mass is 280 g/mol. The molecule has 0 spiro atoms. The number of piperazine rings is 1. The Morgan fingerprint density at radius 3 is 2.68 bits per heavy atom. The molecule has 1 saturated heterocycles. The predicted molar refractivity (Wildman–Crippen MR) is 80.4 cm³/mol. The fraction of sp³-hybridized carbons (Fsp3) is 0.533. The highest BCUT2D eigenvalue weighted by molar-refractivity contribution is 6.34. The third-order valence-corrected chi connectivity index (χ3v) is 4.18. The molecule has 0 N–H and O–H groups in total. The molecule has 2 rings (SSSR count). The molecule has 104 valence electrons. The van der Waals surface area contributed by atoms with Gasteiger partial charge in [0.1, 0.15) is 0 Å². The number of carbonyl (C=O) groups is 1. The average molecular weight is 281 g/mol.